The molecule has 0 heterocycles. The fourth-order valence-electron chi connectivity index (χ4n) is 0.677. The summed E-state index contributed by atoms with van der Waals surface area (Å²) in [5.41, 5.74) is 0. The molecule has 0 radical (unpaired) electrons. The summed E-state index contributed by atoms with van der Waals surface area (Å²) in [5, 5.41) is 7.57. The van der Waals surface area contributed by atoms with Gasteiger partial charge in [-0.2, -0.15) is 0 Å². The van der Waals surface area contributed by atoms with E-state index in [-0.39, 0.29) is 6.61 Å². The van der Waals surface area contributed by atoms with E-state index in [2.05, 4.69) is 13.8 Å². The van der Waals surface area contributed by atoms with E-state index in [1.54, 1.807) is 6.92 Å². The summed E-state index contributed by atoms with van der Waals surface area (Å²) in [4.78, 5) is 0. The smallest absolute Gasteiger partial charge is 0.180 e. The zero-order chi connectivity index (χ0) is 11.8. The van der Waals surface area contributed by atoms with Crippen LogP contribution in [0, 0.1) is 0 Å². The Hall–Kier alpha value is 0.830. The average molecular weight is 266 g/mol. The van der Waals surface area contributed by atoms with Crippen molar-refractivity contribution >= 4 is 34.8 Å². The van der Waals surface area contributed by atoms with Gasteiger partial charge < -0.3 is 5.11 Å². The highest BCUT2D eigenvalue weighted by atomic mass is 35.6. The van der Waals surface area contributed by atoms with Crippen molar-refractivity contribution in [1.82, 2.24) is 0 Å². The Balaban J connectivity index is -0.000000147. The fourth-order valence-corrected chi connectivity index (χ4v) is 0.677. The number of hydrogen-bond acceptors (Lipinski definition) is 1. The average Bonchev–Trinajstić information content (AvgIpc) is 2.06. The summed E-state index contributed by atoms with van der Waals surface area (Å²) >= 11 is 14.4. The monoisotopic (exact) mass is 264 g/mol. The maximum absolute atomic E-state index is 7.57. The summed E-state index contributed by atoms with van der Waals surface area (Å²) in [6.07, 6.45) is 7.01. The van der Waals surface area contributed by atoms with Crippen LogP contribution >= 0.6 is 34.8 Å². The van der Waals surface area contributed by atoms with E-state index in [0.717, 1.165) is 0 Å². The van der Waals surface area contributed by atoms with E-state index < -0.39 is 4.30 Å². The molecule has 0 aliphatic rings. The van der Waals surface area contributed by atoms with Crippen molar-refractivity contribution in [2.24, 2.45) is 0 Å². The Morgan fingerprint density at radius 1 is 0.857 bits per heavy atom. The van der Waals surface area contributed by atoms with Crippen molar-refractivity contribution in [3.63, 3.8) is 0 Å². The van der Waals surface area contributed by atoms with E-state index in [4.69, 9.17) is 39.9 Å². The molecule has 0 aromatic heterocycles. The minimum absolute atomic E-state index is 0.250. The van der Waals surface area contributed by atoms with Gasteiger partial charge in [0, 0.05) is 6.61 Å². The first-order valence-corrected chi connectivity index (χ1v) is 6.40. The minimum Gasteiger partial charge on any atom is -0.397 e. The van der Waals surface area contributed by atoms with Crippen LogP contribution in [-0.2, 0) is 0 Å². The summed E-state index contributed by atoms with van der Waals surface area (Å²) in [5.74, 6) is 0. The van der Waals surface area contributed by atoms with Crippen LogP contribution < -0.4 is 0 Å². The van der Waals surface area contributed by atoms with E-state index in [1.165, 1.54) is 32.1 Å². The maximum atomic E-state index is 7.57. The molecule has 0 aliphatic carbocycles. The Morgan fingerprint density at radius 2 is 1.07 bits per heavy atom. The molecule has 0 spiro atoms. The number of alkyl halides is 3. The quantitative estimate of drug-likeness (QED) is 0.562. The number of unbranched alkanes of at least 4 members (excludes halogenated alkanes) is 4. The van der Waals surface area contributed by atoms with Crippen LogP contribution in [0.3, 0.4) is 0 Å². The molecule has 0 aliphatic heterocycles. The first kappa shape index (κ1) is 20.3. The Kier molecular flexibility index (Phi) is 34.1. The zero-order valence-electron chi connectivity index (χ0n) is 9.40. The second-order valence-electron chi connectivity index (χ2n) is 2.62. The lowest BCUT2D eigenvalue weighted by Gasteiger charge is -1.90. The Morgan fingerprint density at radius 3 is 1.21 bits per heavy atom. The van der Waals surface area contributed by atoms with Crippen molar-refractivity contribution < 1.29 is 5.11 Å². The second-order valence-corrected chi connectivity index (χ2v) is 4.60. The third kappa shape index (κ3) is 77.0. The summed E-state index contributed by atoms with van der Waals surface area (Å²) in [7, 11) is 0. The van der Waals surface area contributed by atoms with E-state index >= 15 is 0 Å². The molecular formula is C10H23Cl3O. The lowest BCUT2D eigenvalue weighted by atomic mass is 10.2. The second kappa shape index (κ2) is 23.6. The molecule has 0 bridgehead atoms. The van der Waals surface area contributed by atoms with E-state index in [1.807, 2.05) is 0 Å². The molecule has 0 saturated carbocycles. The number of aliphatic hydroxyl groups is 1. The van der Waals surface area contributed by atoms with Crippen molar-refractivity contribution in [1.29, 1.82) is 0 Å². The van der Waals surface area contributed by atoms with Gasteiger partial charge in [-0.25, -0.2) is 0 Å². The highest BCUT2D eigenvalue weighted by molar-refractivity contribution is 6.63. The van der Waals surface area contributed by atoms with Crippen LogP contribution in [0.4, 0.5) is 0 Å². The fraction of sp³-hybridized carbons (Fsp3) is 1.00. The molecule has 1 N–H and O–H groups in total. The van der Waals surface area contributed by atoms with Crippen LogP contribution in [0.15, 0.2) is 0 Å². The van der Waals surface area contributed by atoms with Gasteiger partial charge in [0.2, 0.25) is 0 Å². The van der Waals surface area contributed by atoms with Gasteiger partial charge in [0.15, 0.2) is 4.30 Å². The van der Waals surface area contributed by atoms with Gasteiger partial charge in [0.25, 0.3) is 0 Å². The highest BCUT2D eigenvalue weighted by Gasteiger charge is 1.80. The summed E-state index contributed by atoms with van der Waals surface area (Å²) in [6.45, 7) is 6.42. The molecule has 0 rings (SSSR count). The number of aliphatic hydroxyl groups excluding tert-OH is 1. The number of rotatable bonds is 4. The predicted molar refractivity (Wildman–Crippen MR) is 68.5 cm³/mol. The molecule has 90 valence electrons. The highest BCUT2D eigenvalue weighted by Crippen LogP contribution is 2.03. The molecule has 0 amide bonds. The molecular weight excluding hydrogens is 242 g/mol. The van der Waals surface area contributed by atoms with Crippen LogP contribution in [0.2, 0.25) is 0 Å². The van der Waals surface area contributed by atoms with Gasteiger partial charge in [0.05, 0.1) is 0 Å². The zero-order valence-corrected chi connectivity index (χ0v) is 11.7. The molecule has 0 aromatic carbocycles. The normalized spacial score (nSPS) is 8.57. The standard InChI is InChI=1S/C7H16.C2H6O.CHCl3/c1-3-5-7-6-4-2;1-2-3;2-1(3)4/h3-7H2,1-2H3;3H,2H2,1H3;1H. The Bertz CT molecular complexity index is 63.6. The van der Waals surface area contributed by atoms with Crippen LogP contribution in [0.25, 0.3) is 0 Å². The van der Waals surface area contributed by atoms with E-state index in [0.29, 0.717) is 0 Å². The van der Waals surface area contributed by atoms with Gasteiger partial charge >= 0.3 is 0 Å². The molecule has 0 fully saturated rings. The SMILES string of the molecule is CCCCCCC.CCO.ClC(Cl)Cl. The molecule has 0 atom stereocenters. The maximum Gasteiger partial charge on any atom is 0.180 e. The number of halogens is 3. The van der Waals surface area contributed by atoms with Crippen LogP contribution in [0.5, 0.6) is 0 Å². The summed E-state index contributed by atoms with van der Waals surface area (Å²) < 4.78 is -0.750. The third-order valence-corrected chi connectivity index (χ3v) is 1.21. The van der Waals surface area contributed by atoms with Crippen molar-refractivity contribution in [2.75, 3.05) is 6.61 Å². The topological polar surface area (TPSA) is 20.2 Å². The van der Waals surface area contributed by atoms with Gasteiger partial charge in [0.1, 0.15) is 0 Å². The number of hydrogen-bond donors (Lipinski definition) is 1. The lowest BCUT2D eigenvalue weighted by molar-refractivity contribution is 0.318. The van der Waals surface area contributed by atoms with Crippen molar-refractivity contribution in [3.8, 4) is 0 Å². The molecule has 4 heteroatoms. The van der Waals surface area contributed by atoms with Gasteiger partial charge in [-0.1, -0.05) is 80.8 Å². The van der Waals surface area contributed by atoms with Crippen LogP contribution in [0.1, 0.15) is 52.9 Å². The Labute approximate surface area is 104 Å². The van der Waals surface area contributed by atoms with Gasteiger partial charge in [-0.3, -0.25) is 0 Å². The predicted octanol–water partition coefficient (Wildman–Crippen LogP) is 4.96. The van der Waals surface area contributed by atoms with Crippen molar-refractivity contribution in [2.45, 2.75) is 57.2 Å². The largest absolute Gasteiger partial charge is 0.397 e. The molecule has 0 unspecified atom stereocenters. The van der Waals surface area contributed by atoms with Crippen molar-refractivity contribution in [3.05, 3.63) is 0 Å². The molecule has 1 nitrogen and oxygen atoms in total. The summed E-state index contributed by atoms with van der Waals surface area (Å²) in [6, 6.07) is 0. The van der Waals surface area contributed by atoms with Gasteiger partial charge in [-0.05, 0) is 6.92 Å². The van der Waals surface area contributed by atoms with E-state index in [9.17, 15) is 0 Å². The molecule has 0 aromatic rings. The molecule has 14 heavy (non-hydrogen) atoms. The van der Waals surface area contributed by atoms with Crippen LogP contribution in [-0.4, -0.2) is 16.0 Å². The molecule has 0 saturated heterocycles. The minimum atomic E-state index is -0.750. The third-order valence-electron chi connectivity index (χ3n) is 1.21. The first-order valence-electron chi connectivity index (χ1n) is 5.09. The van der Waals surface area contributed by atoms with Gasteiger partial charge in [-0.15, -0.1) is 0 Å². The first-order chi connectivity index (χ1) is 6.56. The lowest BCUT2D eigenvalue weighted by Crippen LogP contribution is -1.70.